The van der Waals surface area contributed by atoms with Crippen molar-refractivity contribution in [2.75, 3.05) is 18.4 Å². The van der Waals surface area contributed by atoms with Crippen molar-refractivity contribution in [2.24, 2.45) is 5.92 Å². The topological polar surface area (TPSA) is 41.1 Å². The van der Waals surface area contributed by atoms with Gasteiger partial charge >= 0.3 is 0 Å². The van der Waals surface area contributed by atoms with Crippen molar-refractivity contribution in [2.45, 2.75) is 13.8 Å². The molecule has 0 radical (unpaired) electrons. The van der Waals surface area contributed by atoms with E-state index >= 15 is 0 Å². The van der Waals surface area contributed by atoms with Crippen LogP contribution in [0.15, 0.2) is 22.7 Å². The summed E-state index contributed by atoms with van der Waals surface area (Å²) >= 11 is 3.25. The highest BCUT2D eigenvalue weighted by molar-refractivity contribution is 9.10. The molecule has 0 aliphatic rings. The molecule has 1 aromatic carbocycles. The number of anilines is 1. The summed E-state index contributed by atoms with van der Waals surface area (Å²) in [4.78, 5) is 11.4. The predicted octanol–water partition coefficient (Wildman–Crippen LogP) is 2.77. The lowest BCUT2D eigenvalue weighted by Crippen LogP contribution is -2.32. The number of hydrogen-bond donors (Lipinski definition) is 2. The summed E-state index contributed by atoms with van der Waals surface area (Å²) in [5, 5.41) is 5.51. The quantitative estimate of drug-likeness (QED) is 0.878. The molecular formula is C12H16BrFN2O. The summed E-state index contributed by atoms with van der Waals surface area (Å²) in [5.74, 6) is -0.107. The Morgan fingerprint density at radius 1 is 1.47 bits per heavy atom. The number of hydrogen-bond acceptors (Lipinski definition) is 2. The molecule has 2 N–H and O–H groups in total. The highest BCUT2D eigenvalue weighted by atomic mass is 79.9. The van der Waals surface area contributed by atoms with Gasteiger partial charge in [0.05, 0.1) is 12.2 Å². The van der Waals surface area contributed by atoms with Gasteiger partial charge in [-0.1, -0.05) is 29.8 Å². The van der Waals surface area contributed by atoms with Gasteiger partial charge in [-0.25, -0.2) is 4.39 Å². The molecule has 17 heavy (non-hydrogen) atoms. The Morgan fingerprint density at radius 3 is 2.82 bits per heavy atom. The number of nitrogens with one attached hydrogen (secondary N) is 2. The maximum atomic E-state index is 13.3. The van der Waals surface area contributed by atoms with Crippen LogP contribution in [0.2, 0.25) is 0 Å². The van der Waals surface area contributed by atoms with Gasteiger partial charge in [0.1, 0.15) is 5.82 Å². The van der Waals surface area contributed by atoms with E-state index in [1.807, 2.05) is 13.8 Å². The number of carbonyl (C=O) groups is 1. The average Bonchev–Trinajstić information content (AvgIpc) is 2.27. The molecule has 5 heteroatoms. The minimum atomic E-state index is -0.371. The van der Waals surface area contributed by atoms with Crippen LogP contribution in [0.1, 0.15) is 13.8 Å². The molecule has 94 valence electrons. The van der Waals surface area contributed by atoms with Gasteiger partial charge in [-0.3, -0.25) is 4.79 Å². The molecule has 0 bridgehead atoms. The van der Waals surface area contributed by atoms with Gasteiger partial charge in [-0.15, -0.1) is 0 Å². The number of benzene rings is 1. The summed E-state index contributed by atoms with van der Waals surface area (Å²) in [6, 6.07) is 4.56. The highest BCUT2D eigenvalue weighted by Crippen LogP contribution is 2.19. The zero-order valence-electron chi connectivity index (χ0n) is 9.89. The maximum Gasteiger partial charge on any atom is 0.239 e. The Hall–Kier alpha value is -1.10. The van der Waals surface area contributed by atoms with Crippen molar-refractivity contribution in [1.82, 2.24) is 5.32 Å². The summed E-state index contributed by atoms with van der Waals surface area (Å²) in [6.07, 6.45) is 0. The first-order chi connectivity index (χ1) is 7.99. The van der Waals surface area contributed by atoms with Crippen LogP contribution in [0.4, 0.5) is 10.1 Å². The monoisotopic (exact) mass is 302 g/mol. The lowest BCUT2D eigenvalue weighted by atomic mass is 10.2. The SMILES string of the molecule is CC(C)CNC(=O)CNc1cc(Br)ccc1F. The summed E-state index contributed by atoms with van der Waals surface area (Å²) in [7, 11) is 0. The second kappa shape index (κ2) is 6.59. The first kappa shape index (κ1) is 14.0. The lowest BCUT2D eigenvalue weighted by molar-refractivity contribution is -0.119. The average molecular weight is 303 g/mol. The molecule has 1 amide bonds. The van der Waals surface area contributed by atoms with Gasteiger partial charge in [-0.2, -0.15) is 0 Å². The van der Waals surface area contributed by atoms with Crippen LogP contribution in [-0.4, -0.2) is 19.0 Å². The van der Waals surface area contributed by atoms with Gasteiger partial charge < -0.3 is 10.6 Å². The van der Waals surface area contributed by atoms with E-state index in [1.165, 1.54) is 6.07 Å². The zero-order chi connectivity index (χ0) is 12.8. The smallest absolute Gasteiger partial charge is 0.239 e. The van der Waals surface area contributed by atoms with Crippen molar-refractivity contribution in [3.8, 4) is 0 Å². The van der Waals surface area contributed by atoms with Crippen LogP contribution in [0.5, 0.6) is 0 Å². The van der Waals surface area contributed by atoms with Crippen LogP contribution in [-0.2, 0) is 4.79 Å². The standard InChI is InChI=1S/C12H16BrFN2O/c1-8(2)6-16-12(17)7-15-11-5-9(13)3-4-10(11)14/h3-5,8,15H,6-7H2,1-2H3,(H,16,17). The maximum absolute atomic E-state index is 13.3. The van der Waals surface area contributed by atoms with Crippen molar-refractivity contribution in [3.63, 3.8) is 0 Å². The molecule has 1 aromatic rings. The molecule has 0 heterocycles. The summed E-state index contributed by atoms with van der Waals surface area (Å²) in [5.41, 5.74) is 0.319. The lowest BCUT2D eigenvalue weighted by Gasteiger charge is -2.10. The van der Waals surface area contributed by atoms with Crippen LogP contribution in [0.3, 0.4) is 0 Å². The van der Waals surface area contributed by atoms with E-state index in [4.69, 9.17) is 0 Å². The van der Waals surface area contributed by atoms with Crippen LogP contribution in [0, 0.1) is 11.7 Å². The molecule has 0 fully saturated rings. The second-order valence-corrected chi connectivity index (χ2v) is 5.09. The van der Waals surface area contributed by atoms with Crippen LogP contribution < -0.4 is 10.6 Å². The van der Waals surface area contributed by atoms with Crippen molar-refractivity contribution in [3.05, 3.63) is 28.5 Å². The first-order valence-electron chi connectivity index (χ1n) is 5.44. The molecule has 0 saturated heterocycles. The fourth-order valence-corrected chi connectivity index (χ4v) is 1.55. The van der Waals surface area contributed by atoms with Gasteiger partial charge in [0.25, 0.3) is 0 Å². The predicted molar refractivity (Wildman–Crippen MR) is 70.4 cm³/mol. The molecule has 0 aliphatic carbocycles. The van der Waals surface area contributed by atoms with Gasteiger partial charge in [0.2, 0.25) is 5.91 Å². The van der Waals surface area contributed by atoms with Crippen molar-refractivity contribution < 1.29 is 9.18 Å². The van der Waals surface area contributed by atoms with Crippen molar-refractivity contribution in [1.29, 1.82) is 0 Å². The van der Waals surface area contributed by atoms with E-state index in [-0.39, 0.29) is 18.3 Å². The fraction of sp³-hybridized carbons (Fsp3) is 0.417. The molecule has 3 nitrogen and oxygen atoms in total. The molecule has 1 rings (SSSR count). The summed E-state index contributed by atoms with van der Waals surface area (Å²) < 4.78 is 14.1. The third-order valence-electron chi connectivity index (χ3n) is 2.08. The molecule has 0 atom stereocenters. The number of carbonyl (C=O) groups excluding carboxylic acids is 1. The third kappa shape index (κ3) is 5.17. The van der Waals surface area contributed by atoms with Crippen LogP contribution >= 0.6 is 15.9 Å². The minimum Gasteiger partial charge on any atom is -0.374 e. The number of halogens is 2. The molecular weight excluding hydrogens is 287 g/mol. The second-order valence-electron chi connectivity index (χ2n) is 4.18. The van der Waals surface area contributed by atoms with Gasteiger partial charge in [0, 0.05) is 11.0 Å². The first-order valence-corrected chi connectivity index (χ1v) is 6.24. The number of rotatable bonds is 5. The van der Waals surface area contributed by atoms with E-state index in [1.54, 1.807) is 12.1 Å². The van der Waals surface area contributed by atoms with E-state index in [9.17, 15) is 9.18 Å². The minimum absolute atomic E-state index is 0.0695. The van der Waals surface area contributed by atoms with E-state index in [0.717, 1.165) is 4.47 Å². The van der Waals surface area contributed by atoms with Crippen molar-refractivity contribution >= 4 is 27.5 Å². The normalized spacial score (nSPS) is 10.4. The fourth-order valence-electron chi connectivity index (χ4n) is 1.19. The van der Waals surface area contributed by atoms with E-state index in [0.29, 0.717) is 18.2 Å². The third-order valence-corrected chi connectivity index (χ3v) is 2.57. The molecule has 0 unspecified atom stereocenters. The molecule has 0 spiro atoms. The van der Waals surface area contributed by atoms with E-state index < -0.39 is 0 Å². The Morgan fingerprint density at radius 2 is 2.18 bits per heavy atom. The largest absolute Gasteiger partial charge is 0.374 e. The zero-order valence-corrected chi connectivity index (χ0v) is 11.5. The van der Waals surface area contributed by atoms with Gasteiger partial charge in [0.15, 0.2) is 0 Å². The molecule has 0 aromatic heterocycles. The Balaban J connectivity index is 2.44. The Kier molecular flexibility index (Phi) is 5.41. The summed E-state index contributed by atoms with van der Waals surface area (Å²) in [6.45, 7) is 4.73. The number of amides is 1. The Labute approximate surface area is 109 Å². The van der Waals surface area contributed by atoms with Gasteiger partial charge in [-0.05, 0) is 24.1 Å². The van der Waals surface area contributed by atoms with E-state index in [2.05, 4.69) is 26.6 Å². The molecule has 0 aliphatic heterocycles. The highest BCUT2D eigenvalue weighted by Gasteiger charge is 2.05. The van der Waals surface area contributed by atoms with Crippen LogP contribution in [0.25, 0.3) is 0 Å². The Bertz CT molecular complexity index is 396. The molecule has 0 saturated carbocycles.